The third-order valence-corrected chi connectivity index (χ3v) is 5.05. The first-order chi connectivity index (χ1) is 10.3. The van der Waals surface area contributed by atoms with E-state index in [1.165, 1.54) is 32.1 Å². The van der Waals surface area contributed by atoms with Crippen molar-refractivity contribution in [2.45, 2.75) is 70.9 Å². The molecule has 0 N–H and O–H groups in total. The number of halogens is 3. The lowest BCUT2D eigenvalue weighted by atomic mass is 9.78. The third kappa shape index (κ3) is 5.33. The molecule has 22 heavy (non-hydrogen) atoms. The van der Waals surface area contributed by atoms with Crippen molar-refractivity contribution in [2.75, 3.05) is 0 Å². The van der Waals surface area contributed by atoms with Crippen LogP contribution in [0.4, 0.5) is 13.2 Å². The highest BCUT2D eigenvalue weighted by Gasteiger charge is 2.41. The Hall–Kier alpha value is -1.00. The molecule has 1 fully saturated rings. The van der Waals surface area contributed by atoms with Crippen molar-refractivity contribution in [3.63, 3.8) is 0 Å². The van der Waals surface area contributed by atoms with Gasteiger partial charge in [0.15, 0.2) is 0 Å². The summed E-state index contributed by atoms with van der Waals surface area (Å²) in [6.45, 7) is 2.31. The number of esters is 1. The van der Waals surface area contributed by atoms with Crippen LogP contribution in [0.3, 0.4) is 0 Å². The molecule has 0 saturated heterocycles. The fraction of sp³-hybridized carbons (Fsp3) is 0.824. The molecule has 0 spiro atoms. The molecule has 126 valence electrons. The van der Waals surface area contributed by atoms with E-state index in [4.69, 9.17) is 0 Å². The summed E-state index contributed by atoms with van der Waals surface area (Å²) >= 11 is 0. The summed E-state index contributed by atoms with van der Waals surface area (Å²) in [6.07, 6.45) is 6.39. The second-order valence-electron chi connectivity index (χ2n) is 6.90. The van der Waals surface area contributed by atoms with Gasteiger partial charge in [-0.25, -0.2) is 4.79 Å². The van der Waals surface area contributed by atoms with Crippen LogP contribution in [-0.4, -0.2) is 12.1 Å². The Bertz CT molecular complexity index is 407. The van der Waals surface area contributed by atoms with E-state index in [0.29, 0.717) is 12.3 Å². The summed E-state index contributed by atoms with van der Waals surface area (Å²) < 4.78 is 40.8. The number of alkyl halides is 3. The van der Waals surface area contributed by atoms with Crippen LogP contribution in [0, 0.1) is 17.8 Å². The van der Waals surface area contributed by atoms with E-state index in [0.717, 1.165) is 31.1 Å². The molecule has 1 saturated carbocycles. The number of carbonyl (C=O) groups is 1. The smallest absolute Gasteiger partial charge is 0.425 e. The van der Waals surface area contributed by atoms with Gasteiger partial charge in [-0.2, -0.15) is 13.2 Å². The van der Waals surface area contributed by atoms with Crippen LogP contribution < -0.4 is 0 Å². The summed E-state index contributed by atoms with van der Waals surface area (Å²) in [5.74, 6) is 0.288. The molecular weight excluding hydrogens is 293 g/mol. The van der Waals surface area contributed by atoms with Crippen LogP contribution in [-0.2, 0) is 9.53 Å². The van der Waals surface area contributed by atoms with Gasteiger partial charge in [0.2, 0.25) is 0 Å². The predicted octanol–water partition coefficient (Wildman–Crippen LogP) is 5.38. The maximum atomic E-state index is 12.1. The molecule has 0 bridgehead atoms. The minimum Gasteiger partial charge on any atom is -0.425 e. The Kier molecular flexibility index (Phi) is 5.93. The lowest BCUT2D eigenvalue weighted by Gasteiger charge is -2.28. The topological polar surface area (TPSA) is 26.3 Å². The van der Waals surface area contributed by atoms with Gasteiger partial charge in [-0.1, -0.05) is 39.0 Å². The zero-order valence-electron chi connectivity index (χ0n) is 13.1. The minimum absolute atomic E-state index is 0.185. The zero-order chi connectivity index (χ0) is 16.2. The molecular formula is C17H25F3O2. The largest absolute Gasteiger partial charge is 0.491 e. The van der Waals surface area contributed by atoms with Gasteiger partial charge >= 0.3 is 12.1 Å². The molecule has 1 atom stereocenters. The Balaban J connectivity index is 1.69. The molecule has 2 rings (SSSR count). The monoisotopic (exact) mass is 318 g/mol. The SMILES string of the molecule is CC1CCC(CCC2CC=C(OC(=O)C(F)(F)F)CC2)CC1. The fourth-order valence-electron chi connectivity index (χ4n) is 3.49. The van der Waals surface area contributed by atoms with Crippen LogP contribution in [0.15, 0.2) is 11.8 Å². The average molecular weight is 318 g/mol. The maximum absolute atomic E-state index is 12.1. The summed E-state index contributed by atoms with van der Waals surface area (Å²) in [7, 11) is 0. The van der Waals surface area contributed by atoms with Crippen molar-refractivity contribution in [1.82, 2.24) is 0 Å². The summed E-state index contributed by atoms with van der Waals surface area (Å²) in [6, 6.07) is 0. The number of hydrogen-bond acceptors (Lipinski definition) is 2. The Morgan fingerprint density at radius 3 is 2.32 bits per heavy atom. The molecule has 0 aromatic rings. The summed E-state index contributed by atoms with van der Waals surface area (Å²) in [4.78, 5) is 10.8. The van der Waals surface area contributed by atoms with E-state index >= 15 is 0 Å². The molecule has 1 unspecified atom stereocenters. The highest BCUT2D eigenvalue weighted by Crippen LogP contribution is 2.35. The Morgan fingerprint density at radius 2 is 1.77 bits per heavy atom. The summed E-state index contributed by atoms with van der Waals surface area (Å²) in [5.41, 5.74) is 0. The number of carbonyl (C=O) groups excluding carboxylic acids is 1. The van der Waals surface area contributed by atoms with Gasteiger partial charge in [0.05, 0.1) is 0 Å². The van der Waals surface area contributed by atoms with Crippen molar-refractivity contribution in [1.29, 1.82) is 0 Å². The predicted molar refractivity (Wildman–Crippen MR) is 77.9 cm³/mol. The molecule has 2 aliphatic carbocycles. The van der Waals surface area contributed by atoms with Gasteiger partial charge in [0.25, 0.3) is 0 Å². The van der Waals surface area contributed by atoms with Gasteiger partial charge in [-0.3, -0.25) is 0 Å². The summed E-state index contributed by atoms with van der Waals surface area (Å²) in [5, 5.41) is 0. The first-order valence-electron chi connectivity index (χ1n) is 8.32. The zero-order valence-corrected chi connectivity index (χ0v) is 13.1. The number of allylic oxidation sites excluding steroid dienone is 2. The Labute approximate surface area is 130 Å². The normalized spacial score (nSPS) is 29.8. The number of hydrogen-bond donors (Lipinski definition) is 0. The fourth-order valence-corrected chi connectivity index (χ4v) is 3.49. The van der Waals surface area contributed by atoms with Crippen molar-refractivity contribution >= 4 is 5.97 Å². The standard InChI is InChI=1S/C17H25F3O2/c1-12-2-4-13(5-3-12)6-7-14-8-10-15(11-9-14)22-16(21)17(18,19)20/h10,12-14H,2-9,11H2,1H3. The van der Waals surface area contributed by atoms with Gasteiger partial charge in [0.1, 0.15) is 5.76 Å². The van der Waals surface area contributed by atoms with Crippen molar-refractivity contribution < 1.29 is 22.7 Å². The van der Waals surface area contributed by atoms with Crippen LogP contribution in [0.1, 0.15) is 64.7 Å². The Morgan fingerprint density at radius 1 is 1.14 bits per heavy atom. The lowest BCUT2D eigenvalue weighted by molar-refractivity contribution is -0.195. The minimum atomic E-state index is -4.91. The van der Waals surface area contributed by atoms with Crippen molar-refractivity contribution in [3.8, 4) is 0 Å². The van der Waals surface area contributed by atoms with Crippen molar-refractivity contribution in [3.05, 3.63) is 11.8 Å². The first-order valence-corrected chi connectivity index (χ1v) is 8.32. The number of ether oxygens (including phenoxy) is 1. The van der Waals surface area contributed by atoms with E-state index in [-0.39, 0.29) is 5.76 Å². The molecule has 0 aliphatic heterocycles. The first kappa shape index (κ1) is 17.4. The van der Waals surface area contributed by atoms with E-state index in [9.17, 15) is 18.0 Å². The van der Waals surface area contributed by atoms with Gasteiger partial charge in [0, 0.05) is 6.42 Å². The van der Waals surface area contributed by atoms with Crippen molar-refractivity contribution in [2.24, 2.45) is 17.8 Å². The molecule has 0 aromatic heterocycles. The quantitative estimate of drug-likeness (QED) is 0.650. The highest BCUT2D eigenvalue weighted by molar-refractivity contribution is 5.76. The van der Waals surface area contributed by atoms with E-state index < -0.39 is 12.1 Å². The molecule has 0 amide bonds. The highest BCUT2D eigenvalue weighted by atomic mass is 19.4. The van der Waals surface area contributed by atoms with E-state index in [1.807, 2.05) is 0 Å². The third-order valence-electron chi connectivity index (χ3n) is 5.05. The van der Waals surface area contributed by atoms with Gasteiger partial charge < -0.3 is 4.74 Å². The van der Waals surface area contributed by atoms with E-state index in [2.05, 4.69) is 11.7 Å². The molecule has 5 heteroatoms. The van der Waals surface area contributed by atoms with Crippen LogP contribution in [0.5, 0.6) is 0 Å². The average Bonchev–Trinajstić information content (AvgIpc) is 2.47. The molecule has 0 heterocycles. The van der Waals surface area contributed by atoms with Crippen LogP contribution in [0.25, 0.3) is 0 Å². The number of rotatable bonds is 4. The second kappa shape index (κ2) is 7.51. The van der Waals surface area contributed by atoms with Gasteiger partial charge in [-0.15, -0.1) is 0 Å². The molecule has 2 aliphatic rings. The molecule has 2 nitrogen and oxygen atoms in total. The van der Waals surface area contributed by atoms with Crippen LogP contribution in [0.2, 0.25) is 0 Å². The molecule has 0 aromatic carbocycles. The lowest BCUT2D eigenvalue weighted by Crippen LogP contribution is -2.25. The van der Waals surface area contributed by atoms with E-state index in [1.54, 1.807) is 6.08 Å². The molecule has 0 radical (unpaired) electrons. The van der Waals surface area contributed by atoms with Gasteiger partial charge in [-0.05, 0) is 43.1 Å². The maximum Gasteiger partial charge on any atom is 0.491 e. The second-order valence-corrected chi connectivity index (χ2v) is 6.90. The van der Waals surface area contributed by atoms with Crippen LogP contribution >= 0.6 is 0 Å².